The third-order valence-electron chi connectivity index (χ3n) is 3.71. The molecule has 2 saturated heterocycles. The summed E-state index contributed by atoms with van der Waals surface area (Å²) < 4.78 is 36.0. The fourth-order valence-electron chi connectivity index (χ4n) is 2.78. The van der Waals surface area contributed by atoms with Crippen molar-refractivity contribution >= 4 is 9.84 Å². The van der Waals surface area contributed by atoms with Gasteiger partial charge >= 0.3 is 0 Å². The fraction of sp³-hybridized carbons (Fsp3) is 1.00. The van der Waals surface area contributed by atoms with Crippen LogP contribution in [0.25, 0.3) is 0 Å². The molecule has 5 nitrogen and oxygen atoms in total. The second-order valence-corrected chi connectivity index (χ2v) is 9.50. The van der Waals surface area contributed by atoms with Crippen molar-refractivity contribution in [3.05, 3.63) is 0 Å². The van der Waals surface area contributed by atoms with Crippen LogP contribution in [0, 0.1) is 0 Å². The number of fused-ring (bicyclic) bond motifs is 1. The SMILES string of the molecule is CC(C)S(=O)(=O)C1COC2C(NC(C)(C)C)COC21. The Morgan fingerprint density at radius 3 is 2.21 bits per heavy atom. The van der Waals surface area contributed by atoms with Crippen LogP contribution in [-0.4, -0.2) is 55.9 Å². The van der Waals surface area contributed by atoms with Gasteiger partial charge in [-0.05, 0) is 34.6 Å². The molecule has 1 N–H and O–H groups in total. The first-order valence-corrected chi connectivity index (χ1v) is 8.47. The van der Waals surface area contributed by atoms with Gasteiger partial charge in [0, 0.05) is 5.54 Å². The summed E-state index contributed by atoms with van der Waals surface area (Å²) in [6.07, 6.45) is -0.481. The van der Waals surface area contributed by atoms with Crippen LogP contribution in [0.4, 0.5) is 0 Å². The Morgan fingerprint density at radius 2 is 1.68 bits per heavy atom. The van der Waals surface area contributed by atoms with Gasteiger partial charge in [-0.2, -0.15) is 0 Å². The van der Waals surface area contributed by atoms with E-state index in [4.69, 9.17) is 9.47 Å². The minimum Gasteiger partial charge on any atom is -0.372 e. The van der Waals surface area contributed by atoms with Crippen molar-refractivity contribution in [3.63, 3.8) is 0 Å². The maximum atomic E-state index is 12.3. The van der Waals surface area contributed by atoms with Crippen LogP contribution < -0.4 is 5.32 Å². The summed E-state index contributed by atoms with van der Waals surface area (Å²) >= 11 is 0. The van der Waals surface area contributed by atoms with E-state index in [9.17, 15) is 8.42 Å². The Balaban J connectivity index is 2.10. The molecule has 0 aromatic rings. The smallest absolute Gasteiger partial charge is 0.160 e. The molecule has 0 amide bonds. The number of ether oxygens (including phenoxy) is 2. The van der Waals surface area contributed by atoms with E-state index in [0.717, 1.165) is 0 Å². The molecule has 19 heavy (non-hydrogen) atoms. The van der Waals surface area contributed by atoms with E-state index in [1.807, 2.05) is 0 Å². The van der Waals surface area contributed by atoms with E-state index in [-0.39, 0.29) is 30.4 Å². The van der Waals surface area contributed by atoms with E-state index in [1.54, 1.807) is 13.8 Å². The first kappa shape index (κ1) is 15.2. The van der Waals surface area contributed by atoms with E-state index in [0.29, 0.717) is 6.61 Å². The van der Waals surface area contributed by atoms with Crippen molar-refractivity contribution in [2.24, 2.45) is 0 Å². The summed E-state index contributed by atoms with van der Waals surface area (Å²) in [4.78, 5) is 0. The molecule has 0 spiro atoms. The molecular formula is C13H25NO4S. The quantitative estimate of drug-likeness (QED) is 0.830. The van der Waals surface area contributed by atoms with Gasteiger partial charge in [0.1, 0.15) is 17.5 Å². The first-order valence-electron chi connectivity index (χ1n) is 6.86. The van der Waals surface area contributed by atoms with Crippen molar-refractivity contribution in [2.45, 2.75) is 68.9 Å². The lowest BCUT2D eigenvalue weighted by molar-refractivity contribution is 0.0659. The number of hydrogen-bond acceptors (Lipinski definition) is 5. The van der Waals surface area contributed by atoms with Crippen LogP contribution in [0.15, 0.2) is 0 Å². The standard InChI is InChI=1S/C13H25NO4S/c1-8(2)19(15,16)10-7-18-11-9(6-17-12(10)11)14-13(3,4)5/h8-12,14H,6-7H2,1-5H3. The Bertz CT molecular complexity index is 426. The molecule has 112 valence electrons. The lowest BCUT2D eigenvalue weighted by atomic mass is 10.0. The summed E-state index contributed by atoms with van der Waals surface area (Å²) in [6.45, 7) is 10.4. The Morgan fingerprint density at radius 1 is 1.11 bits per heavy atom. The highest BCUT2D eigenvalue weighted by molar-refractivity contribution is 7.92. The number of sulfone groups is 1. The highest BCUT2D eigenvalue weighted by Gasteiger charge is 2.53. The molecule has 2 rings (SSSR count). The molecule has 2 aliphatic heterocycles. The topological polar surface area (TPSA) is 64.6 Å². The second-order valence-electron chi connectivity index (χ2n) is 6.77. The van der Waals surface area contributed by atoms with Crippen molar-refractivity contribution in [1.82, 2.24) is 5.32 Å². The minimum absolute atomic E-state index is 0.0404. The third kappa shape index (κ3) is 2.96. The number of rotatable bonds is 3. The normalized spacial score (nSPS) is 35.9. The van der Waals surface area contributed by atoms with Crippen molar-refractivity contribution in [3.8, 4) is 0 Å². The molecule has 2 heterocycles. The average Bonchev–Trinajstić information content (AvgIpc) is 2.78. The molecule has 0 aromatic carbocycles. The van der Waals surface area contributed by atoms with Crippen molar-refractivity contribution < 1.29 is 17.9 Å². The maximum absolute atomic E-state index is 12.3. The number of nitrogens with one attached hydrogen (secondary N) is 1. The molecular weight excluding hydrogens is 266 g/mol. The molecule has 0 aliphatic carbocycles. The summed E-state index contributed by atoms with van der Waals surface area (Å²) in [5, 5.41) is 2.53. The van der Waals surface area contributed by atoms with Gasteiger partial charge in [0.05, 0.1) is 24.5 Å². The van der Waals surface area contributed by atoms with Gasteiger partial charge in [-0.15, -0.1) is 0 Å². The zero-order chi connectivity index (χ0) is 14.4. The zero-order valence-corrected chi connectivity index (χ0v) is 13.2. The summed E-state index contributed by atoms with van der Waals surface area (Å²) in [7, 11) is -3.18. The number of hydrogen-bond donors (Lipinski definition) is 1. The van der Waals surface area contributed by atoms with Gasteiger partial charge in [-0.1, -0.05) is 0 Å². The summed E-state index contributed by atoms with van der Waals surface area (Å²) in [5.41, 5.74) is -0.0404. The summed E-state index contributed by atoms with van der Waals surface area (Å²) in [5.74, 6) is 0. The van der Waals surface area contributed by atoms with Crippen LogP contribution in [0.2, 0.25) is 0 Å². The maximum Gasteiger partial charge on any atom is 0.160 e. The van der Waals surface area contributed by atoms with E-state index in [2.05, 4.69) is 26.1 Å². The molecule has 4 unspecified atom stereocenters. The van der Waals surface area contributed by atoms with Gasteiger partial charge in [-0.25, -0.2) is 8.42 Å². The molecule has 0 radical (unpaired) electrons. The van der Waals surface area contributed by atoms with Gasteiger partial charge < -0.3 is 14.8 Å². The van der Waals surface area contributed by atoms with E-state index < -0.39 is 20.3 Å². The van der Waals surface area contributed by atoms with Gasteiger partial charge in [0.15, 0.2) is 9.84 Å². The van der Waals surface area contributed by atoms with Crippen LogP contribution in [0.1, 0.15) is 34.6 Å². The molecule has 2 aliphatic rings. The third-order valence-corrected chi connectivity index (χ3v) is 6.27. The fourth-order valence-corrected chi connectivity index (χ4v) is 4.35. The predicted molar refractivity (Wildman–Crippen MR) is 74.0 cm³/mol. The molecule has 2 fully saturated rings. The largest absolute Gasteiger partial charge is 0.372 e. The molecule has 0 aromatic heterocycles. The van der Waals surface area contributed by atoms with E-state index >= 15 is 0 Å². The monoisotopic (exact) mass is 291 g/mol. The average molecular weight is 291 g/mol. The van der Waals surface area contributed by atoms with Gasteiger partial charge in [0.2, 0.25) is 0 Å². The van der Waals surface area contributed by atoms with Gasteiger partial charge in [0.25, 0.3) is 0 Å². The van der Waals surface area contributed by atoms with Crippen LogP contribution >= 0.6 is 0 Å². The highest BCUT2D eigenvalue weighted by atomic mass is 32.2. The lowest BCUT2D eigenvalue weighted by Gasteiger charge is -2.27. The first-order chi connectivity index (χ1) is 8.63. The molecule has 0 saturated carbocycles. The molecule has 6 heteroatoms. The van der Waals surface area contributed by atoms with Crippen molar-refractivity contribution in [1.29, 1.82) is 0 Å². The Labute approximate surface area is 116 Å². The minimum atomic E-state index is -3.18. The highest BCUT2D eigenvalue weighted by Crippen LogP contribution is 2.33. The van der Waals surface area contributed by atoms with Crippen LogP contribution in [0.5, 0.6) is 0 Å². The molecule has 4 atom stereocenters. The van der Waals surface area contributed by atoms with Crippen LogP contribution in [0.3, 0.4) is 0 Å². The summed E-state index contributed by atoms with van der Waals surface area (Å²) in [6, 6.07) is 0.0670. The second kappa shape index (κ2) is 4.98. The Hall–Kier alpha value is -0.170. The zero-order valence-electron chi connectivity index (χ0n) is 12.3. The van der Waals surface area contributed by atoms with Gasteiger partial charge in [-0.3, -0.25) is 0 Å². The Kier molecular flexibility index (Phi) is 3.99. The lowest BCUT2D eigenvalue weighted by Crippen LogP contribution is -2.50. The molecule has 0 bridgehead atoms. The van der Waals surface area contributed by atoms with Crippen LogP contribution in [-0.2, 0) is 19.3 Å². The van der Waals surface area contributed by atoms with E-state index in [1.165, 1.54) is 0 Å². The van der Waals surface area contributed by atoms with Crippen molar-refractivity contribution in [2.75, 3.05) is 13.2 Å². The predicted octanol–water partition coefficient (Wildman–Crippen LogP) is 0.732.